The topological polar surface area (TPSA) is 70.0 Å². The van der Waals surface area contributed by atoms with Gasteiger partial charge in [-0.3, -0.25) is 4.79 Å². The number of amides is 1. The molecule has 8 heteroatoms. The lowest BCUT2D eigenvalue weighted by Gasteiger charge is -2.25. The number of anilines is 2. The summed E-state index contributed by atoms with van der Waals surface area (Å²) in [7, 11) is 0.891. The number of hydrogen-bond acceptors (Lipinski definition) is 5. The molecule has 0 unspecified atom stereocenters. The first-order valence-corrected chi connectivity index (χ1v) is 12.0. The Hall–Kier alpha value is -1.54. The molecule has 2 fully saturated rings. The maximum atomic E-state index is 12.6. The zero-order chi connectivity index (χ0) is 19.8. The van der Waals surface area contributed by atoms with Gasteiger partial charge in [0.25, 0.3) is 5.91 Å². The fourth-order valence-corrected chi connectivity index (χ4v) is 7.52. The molecular formula is C19H27N3O3S2. The van der Waals surface area contributed by atoms with Crippen molar-refractivity contribution in [2.24, 2.45) is 10.9 Å². The van der Waals surface area contributed by atoms with Crippen LogP contribution in [-0.4, -0.2) is 56.4 Å². The summed E-state index contributed by atoms with van der Waals surface area (Å²) in [6, 6.07) is 7.77. The molecule has 0 spiro atoms. The molecule has 1 amide bonds. The molecule has 0 aromatic heterocycles. The van der Waals surface area contributed by atoms with Gasteiger partial charge in [0.1, 0.15) is 0 Å². The highest BCUT2D eigenvalue weighted by Crippen LogP contribution is 2.41. The van der Waals surface area contributed by atoms with Crippen LogP contribution in [0.25, 0.3) is 0 Å². The molecule has 0 N–H and O–H groups in total. The first-order chi connectivity index (χ1) is 12.8. The number of carbonyl (C=O) groups is 1. The van der Waals surface area contributed by atoms with Crippen molar-refractivity contribution in [1.82, 2.24) is 0 Å². The second-order valence-corrected chi connectivity index (χ2v) is 10.7. The van der Waals surface area contributed by atoms with Crippen molar-refractivity contribution in [1.29, 1.82) is 0 Å². The molecule has 2 saturated heterocycles. The average molecular weight is 410 g/mol. The Bertz CT molecular complexity index is 830. The van der Waals surface area contributed by atoms with Crippen molar-refractivity contribution in [3.8, 4) is 0 Å². The zero-order valence-electron chi connectivity index (χ0n) is 16.3. The van der Waals surface area contributed by atoms with Crippen LogP contribution in [0.1, 0.15) is 26.7 Å². The largest absolute Gasteiger partial charge is 0.378 e. The average Bonchev–Trinajstić information content (AvgIpc) is 3.06. The molecule has 0 saturated carbocycles. The fourth-order valence-electron chi connectivity index (χ4n) is 3.60. The quantitative estimate of drug-likeness (QED) is 0.745. The summed E-state index contributed by atoms with van der Waals surface area (Å²) in [5, 5.41) is 0.561. The van der Waals surface area contributed by atoms with E-state index < -0.39 is 9.84 Å². The van der Waals surface area contributed by atoms with E-state index in [1.54, 1.807) is 0 Å². The highest BCUT2D eigenvalue weighted by atomic mass is 32.2. The van der Waals surface area contributed by atoms with Gasteiger partial charge in [0.15, 0.2) is 15.0 Å². The molecule has 2 aliphatic rings. The van der Waals surface area contributed by atoms with E-state index in [1.807, 2.05) is 62.0 Å². The van der Waals surface area contributed by atoms with Crippen molar-refractivity contribution in [2.75, 3.05) is 35.4 Å². The molecule has 2 atom stereocenters. The standard InChI is InChI=1S/C19H27N3O3S2/c1-5-13(6-2)18(23)20-19-22(15-9-7-14(8-10-15)21(3)4)16-11-27(24,25)12-17(16)26-19/h7-10,13,16-17H,5-6,11-12H2,1-4H3/t16-,17+/m0/s1. The maximum Gasteiger partial charge on any atom is 0.251 e. The second-order valence-electron chi connectivity index (χ2n) is 7.33. The lowest BCUT2D eigenvalue weighted by molar-refractivity contribution is -0.121. The Balaban J connectivity index is 1.96. The molecule has 1 aromatic rings. The summed E-state index contributed by atoms with van der Waals surface area (Å²) in [6.07, 6.45) is 1.52. The van der Waals surface area contributed by atoms with Crippen molar-refractivity contribution < 1.29 is 13.2 Å². The third-order valence-electron chi connectivity index (χ3n) is 5.25. The molecule has 2 aliphatic heterocycles. The molecule has 27 heavy (non-hydrogen) atoms. The van der Waals surface area contributed by atoms with Crippen molar-refractivity contribution in [2.45, 2.75) is 38.0 Å². The summed E-state index contributed by atoms with van der Waals surface area (Å²) in [5.41, 5.74) is 1.95. The van der Waals surface area contributed by atoms with Crippen LogP contribution >= 0.6 is 11.8 Å². The lowest BCUT2D eigenvalue weighted by Crippen LogP contribution is -2.38. The first-order valence-electron chi connectivity index (χ1n) is 9.32. The van der Waals surface area contributed by atoms with E-state index >= 15 is 0 Å². The van der Waals surface area contributed by atoms with Crippen LogP contribution in [-0.2, 0) is 14.6 Å². The van der Waals surface area contributed by atoms with E-state index in [4.69, 9.17) is 0 Å². The smallest absolute Gasteiger partial charge is 0.251 e. The number of sulfone groups is 1. The van der Waals surface area contributed by atoms with Crippen LogP contribution in [0.3, 0.4) is 0 Å². The molecule has 0 bridgehead atoms. The molecule has 148 valence electrons. The zero-order valence-corrected chi connectivity index (χ0v) is 17.9. The summed E-state index contributed by atoms with van der Waals surface area (Å²) in [5.74, 6) is 0.0611. The lowest BCUT2D eigenvalue weighted by atomic mass is 10.0. The molecule has 3 rings (SSSR count). The minimum absolute atomic E-state index is 0.0724. The minimum Gasteiger partial charge on any atom is -0.378 e. The normalized spacial score (nSPS) is 25.2. The van der Waals surface area contributed by atoms with E-state index in [1.165, 1.54) is 11.8 Å². The Morgan fingerprint density at radius 2 is 1.85 bits per heavy atom. The van der Waals surface area contributed by atoms with Crippen molar-refractivity contribution in [3.63, 3.8) is 0 Å². The third kappa shape index (κ3) is 4.16. The predicted molar refractivity (Wildman–Crippen MR) is 114 cm³/mol. The van der Waals surface area contributed by atoms with E-state index in [9.17, 15) is 13.2 Å². The van der Waals surface area contributed by atoms with Gasteiger partial charge in [-0.05, 0) is 37.1 Å². The summed E-state index contributed by atoms with van der Waals surface area (Å²) < 4.78 is 24.3. The SMILES string of the molecule is CCC(CC)C(=O)N=C1S[C@@H]2CS(=O)(=O)C[C@@H]2N1c1ccc(N(C)C)cc1. The van der Waals surface area contributed by atoms with E-state index in [0.717, 1.165) is 24.2 Å². The van der Waals surface area contributed by atoms with Gasteiger partial charge in [0.05, 0.1) is 17.5 Å². The number of fused-ring (bicyclic) bond motifs is 1. The Morgan fingerprint density at radius 1 is 1.22 bits per heavy atom. The Labute approximate surface area is 165 Å². The van der Waals surface area contributed by atoms with Crippen LogP contribution in [0.15, 0.2) is 29.3 Å². The van der Waals surface area contributed by atoms with Crippen molar-refractivity contribution >= 4 is 44.0 Å². The van der Waals surface area contributed by atoms with Crippen LogP contribution < -0.4 is 9.80 Å². The monoisotopic (exact) mass is 409 g/mol. The van der Waals surface area contributed by atoms with Crippen LogP contribution in [0.4, 0.5) is 11.4 Å². The van der Waals surface area contributed by atoms with Gasteiger partial charge < -0.3 is 9.80 Å². The van der Waals surface area contributed by atoms with Gasteiger partial charge in [-0.15, -0.1) is 0 Å². The third-order valence-corrected chi connectivity index (χ3v) is 8.46. The van der Waals surface area contributed by atoms with E-state index in [0.29, 0.717) is 5.17 Å². The molecule has 0 aliphatic carbocycles. The number of benzene rings is 1. The maximum absolute atomic E-state index is 12.6. The first kappa shape index (κ1) is 20.2. The minimum atomic E-state index is -3.06. The fraction of sp³-hybridized carbons (Fsp3) is 0.579. The van der Waals surface area contributed by atoms with Crippen molar-refractivity contribution in [3.05, 3.63) is 24.3 Å². The summed E-state index contributed by atoms with van der Waals surface area (Å²) in [4.78, 5) is 21.0. The van der Waals surface area contributed by atoms with Gasteiger partial charge in [-0.1, -0.05) is 25.6 Å². The second kappa shape index (κ2) is 7.83. The van der Waals surface area contributed by atoms with E-state index in [-0.39, 0.29) is 34.6 Å². The molecule has 6 nitrogen and oxygen atoms in total. The molecular weight excluding hydrogens is 382 g/mol. The predicted octanol–water partition coefficient (Wildman–Crippen LogP) is 2.79. The van der Waals surface area contributed by atoms with Crippen LogP contribution in [0, 0.1) is 5.92 Å². The number of nitrogens with zero attached hydrogens (tertiary/aromatic N) is 3. The molecule has 1 aromatic carbocycles. The Morgan fingerprint density at radius 3 is 2.41 bits per heavy atom. The Kier molecular flexibility index (Phi) is 5.86. The van der Waals surface area contributed by atoms with Crippen LogP contribution in [0.5, 0.6) is 0 Å². The highest BCUT2D eigenvalue weighted by molar-refractivity contribution is 8.16. The highest BCUT2D eigenvalue weighted by Gasteiger charge is 2.49. The number of carbonyl (C=O) groups excluding carboxylic acids is 1. The number of rotatable bonds is 5. The number of aliphatic imine (C=N–C) groups is 1. The van der Waals surface area contributed by atoms with Gasteiger partial charge in [0.2, 0.25) is 0 Å². The summed E-state index contributed by atoms with van der Waals surface area (Å²) in [6.45, 7) is 3.99. The number of thioether (sulfide) groups is 1. The summed E-state index contributed by atoms with van der Waals surface area (Å²) >= 11 is 1.43. The van der Waals surface area contributed by atoms with Gasteiger partial charge in [0, 0.05) is 36.6 Å². The molecule has 0 radical (unpaired) electrons. The van der Waals surface area contributed by atoms with Crippen LogP contribution in [0.2, 0.25) is 0 Å². The number of hydrogen-bond donors (Lipinski definition) is 0. The van der Waals surface area contributed by atoms with E-state index in [2.05, 4.69) is 4.99 Å². The number of amidine groups is 1. The van der Waals surface area contributed by atoms with Gasteiger partial charge in [-0.2, -0.15) is 4.99 Å². The molecule has 2 heterocycles. The van der Waals surface area contributed by atoms with Gasteiger partial charge >= 0.3 is 0 Å². The van der Waals surface area contributed by atoms with Gasteiger partial charge in [-0.25, -0.2) is 8.42 Å².